The summed E-state index contributed by atoms with van der Waals surface area (Å²) in [7, 11) is 5.23. The van der Waals surface area contributed by atoms with Crippen molar-refractivity contribution in [2.24, 2.45) is 28.6 Å². The third-order valence-corrected chi connectivity index (χ3v) is 12.2. The van der Waals surface area contributed by atoms with Crippen molar-refractivity contribution in [1.29, 1.82) is 0 Å². The molecule has 9 heteroatoms. The molecule has 7 rings (SSSR count). The van der Waals surface area contributed by atoms with Crippen molar-refractivity contribution in [3.63, 3.8) is 0 Å². The summed E-state index contributed by atoms with van der Waals surface area (Å²) < 4.78 is 38.7. The standard InChI is InChI=1S/C27H41NO8/c1-7-28-12-23(3)9-8-17(32-5)26-20(23)21(36-14(2)29)27(22(26)28)25(34-13-35-27)11-16(31-4)15-10-24(26,30)19(25)18(15)33-6/h15-22,30H,7-13H2,1-6H3/t15-,16+,17+,18+,19-,20+,21+,22+,23+,24+,25-,26-,27-/m1/s1. The first-order chi connectivity index (χ1) is 17.2. The van der Waals surface area contributed by atoms with E-state index in [1.165, 1.54) is 6.92 Å². The topological polar surface area (TPSA) is 95.9 Å². The number of nitrogens with zero attached hydrogens (tertiary/aromatic N) is 1. The molecule has 9 nitrogen and oxygen atoms in total. The zero-order chi connectivity index (χ0) is 25.5. The molecule has 0 radical (unpaired) electrons. The van der Waals surface area contributed by atoms with Crippen LogP contribution in [0.5, 0.6) is 0 Å². The van der Waals surface area contributed by atoms with Gasteiger partial charge in [-0.3, -0.25) is 9.69 Å². The molecule has 36 heavy (non-hydrogen) atoms. The van der Waals surface area contributed by atoms with E-state index in [1.54, 1.807) is 21.3 Å². The van der Waals surface area contributed by atoms with Gasteiger partial charge in [-0.15, -0.1) is 0 Å². The summed E-state index contributed by atoms with van der Waals surface area (Å²) in [6, 6.07) is -0.224. The van der Waals surface area contributed by atoms with Crippen molar-refractivity contribution in [2.75, 3.05) is 41.2 Å². The van der Waals surface area contributed by atoms with Gasteiger partial charge in [-0.05, 0) is 31.2 Å². The van der Waals surface area contributed by atoms with Crippen LogP contribution in [-0.4, -0.2) is 104 Å². The molecule has 202 valence electrons. The zero-order valence-electron chi connectivity index (χ0n) is 22.3. The van der Waals surface area contributed by atoms with Gasteiger partial charge in [0.25, 0.3) is 0 Å². The fraction of sp³-hybridized carbons (Fsp3) is 0.963. The summed E-state index contributed by atoms with van der Waals surface area (Å²) in [5.41, 5.74) is -3.94. The maximum Gasteiger partial charge on any atom is 0.303 e. The van der Waals surface area contributed by atoms with E-state index in [2.05, 4.69) is 18.7 Å². The number of esters is 1. The van der Waals surface area contributed by atoms with Crippen molar-refractivity contribution < 1.29 is 38.3 Å². The number of methoxy groups -OCH3 is 3. The molecule has 13 atom stereocenters. The summed E-state index contributed by atoms with van der Waals surface area (Å²) in [6.07, 6.45) is 1.69. The van der Waals surface area contributed by atoms with Crippen LogP contribution in [0.4, 0.5) is 0 Å². The van der Waals surface area contributed by atoms with Crippen LogP contribution < -0.4 is 0 Å². The maximum atomic E-state index is 13.4. The van der Waals surface area contributed by atoms with E-state index in [9.17, 15) is 9.90 Å². The van der Waals surface area contributed by atoms with Crippen LogP contribution in [0.15, 0.2) is 0 Å². The highest BCUT2D eigenvalue weighted by molar-refractivity contribution is 5.67. The highest BCUT2D eigenvalue weighted by Crippen LogP contribution is 2.83. The molecule has 0 aromatic rings. The van der Waals surface area contributed by atoms with Gasteiger partial charge >= 0.3 is 5.97 Å². The summed E-state index contributed by atoms with van der Waals surface area (Å²) in [6.45, 7) is 7.72. The number of hydrogen-bond acceptors (Lipinski definition) is 9. The predicted molar refractivity (Wildman–Crippen MR) is 126 cm³/mol. The maximum absolute atomic E-state index is 13.4. The van der Waals surface area contributed by atoms with E-state index in [-0.39, 0.29) is 60.3 Å². The first-order valence-corrected chi connectivity index (χ1v) is 13.7. The number of carbonyl (C=O) groups excluding carboxylic acids is 1. The van der Waals surface area contributed by atoms with Crippen molar-refractivity contribution in [1.82, 2.24) is 4.90 Å². The van der Waals surface area contributed by atoms with E-state index in [0.717, 1.165) is 25.9 Å². The molecule has 2 aliphatic heterocycles. The van der Waals surface area contributed by atoms with Crippen molar-refractivity contribution in [3.05, 3.63) is 0 Å². The summed E-state index contributed by atoms with van der Waals surface area (Å²) in [5, 5.41) is 13.4. The van der Waals surface area contributed by atoms with Crippen LogP contribution in [0.2, 0.25) is 0 Å². The Labute approximate surface area is 213 Å². The molecule has 2 heterocycles. The Morgan fingerprint density at radius 2 is 1.89 bits per heavy atom. The van der Waals surface area contributed by atoms with Gasteiger partial charge in [0.15, 0.2) is 5.60 Å². The number of aliphatic hydroxyl groups is 1. The molecule has 2 saturated heterocycles. The molecule has 5 aliphatic carbocycles. The number of rotatable bonds is 5. The van der Waals surface area contributed by atoms with Crippen LogP contribution in [0, 0.1) is 28.6 Å². The Morgan fingerprint density at radius 3 is 2.53 bits per heavy atom. The Bertz CT molecular complexity index is 979. The SMILES string of the molecule is CCN1C[C@]2(C)CC[C@H](OC)[C@@]34[C@H]1[C@]1(OCO[C@@]15C[C@H](OC)[C@H]1C[C@]3(O)[C@H]5[C@H]1OC)[C@@H](OC(C)=O)[C@@H]24. The number of likely N-dealkylation sites (tertiary alicyclic amines) is 1. The number of hydrogen-bond donors (Lipinski definition) is 1. The Balaban J connectivity index is 1.61. The zero-order valence-corrected chi connectivity index (χ0v) is 22.3. The molecule has 7 fully saturated rings. The molecular weight excluding hydrogens is 466 g/mol. The smallest absolute Gasteiger partial charge is 0.303 e. The quantitative estimate of drug-likeness (QED) is 0.553. The van der Waals surface area contributed by atoms with Gasteiger partial charge in [0, 0.05) is 59.0 Å². The number of piperidine rings is 1. The molecule has 3 spiro atoms. The summed E-state index contributed by atoms with van der Waals surface area (Å²) in [5.74, 6) is -0.771. The van der Waals surface area contributed by atoms with E-state index >= 15 is 0 Å². The second-order valence-corrected chi connectivity index (χ2v) is 12.9. The third-order valence-electron chi connectivity index (χ3n) is 12.2. The van der Waals surface area contributed by atoms with Crippen molar-refractivity contribution in [2.45, 2.75) is 93.7 Å². The van der Waals surface area contributed by atoms with Crippen LogP contribution in [-0.2, 0) is 33.2 Å². The predicted octanol–water partition coefficient (Wildman–Crippen LogP) is 1.35. The van der Waals surface area contributed by atoms with Gasteiger partial charge in [0.05, 0.1) is 35.4 Å². The lowest BCUT2D eigenvalue weighted by atomic mass is 9.41. The molecule has 0 aromatic heterocycles. The third kappa shape index (κ3) is 2.16. The van der Waals surface area contributed by atoms with Crippen LogP contribution in [0.25, 0.3) is 0 Å². The fourth-order valence-electron chi connectivity index (χ4n) is 11.7. The van der Waals surface area contributed by atoms with Crippen LogP contribution >= 0.6 is 0 Å². The molecule has 0 unspecified atom stereocenters. The lowest BCUT2D eigenvalue weighted by Crippen LogP contribution is -2.85. The van der Waals surface area contributed by atoms with Gasteiger partial charge in [-0.2, -0.15) is 0 Å². The van der Waals surface area contributed by atoms with Gasteiger partial charge in [0.2, 0.25) is 0 Å². The second-order valence-electron chi connectivity index (χ2n) is 12.9. The van der Waals surface area contributed by atoms with Gasteiger partial charge in [-0.1, -0.05) is 13.8 Å². The highest BCUT2D eigenvalue weighted by Gasteiger charge is 2.97. The number of likely N-dealkylation sites (N-methyl/N-ethyl adjacent to an activating group) is 1. The molecular formula is C27H41NO8. The Kier molecular flexibility index (Phi) is 4.87. The van der Waals surface area contributed by atoms with E-state index in [1.807, 2.05) is 0 Å². The minimum absolute atomic E-state index is 0.0317. The van der Waals surface area contributed by atoms with Crippen LogP contribution in [0.3, 0.4) is 0 Å². The summed E-state index contributed by atoms with van der Waals surface area (Å²) in [4.78, 5) is 15.3. The molecule has 1 N–H and O–H groups in total. The normalized spacial score (nSPS) is 60.2. The second kappa shape index (κ2) is 7.23. The number of carbonyl (C=O) groups is 1. The van der Waals surface area contributed by atoms with Crippen LogP contribution in [0.1, 0.15) is 46.5 Å². The van der Waals surface area contributed by atoms with Crippen molar-refractivity contribution >= 4 is 5.97 Å². The average Bonchev–Trinajstić information content (AvgIpc) is 3.40. The lowest BCUT2D eigenvalue weighted by molar-refractivity contribution is -0.332. The molecule has 0 amide bonds. The van der Waals surface area contributed by atoms with E-state index in [4.69, 9.17) is 28.4 Å². The average molecular weight is 508 g/mol. The highest BCUT2D eigenvalue weighted by atomic mass is 16.7. The Morgan fingerprint density at radius 1 is 1.11 bits per heavy atom. The number of fused-ring (bicyclic) bond motifs is 1. The number of ether oxygens (including phenoxy) is 6. The molecule has 7 bridgehead atoms. The molecule has 5 saturated carbocycles. The fourth-order valence-corrected chi connectivity index (χ4v) is 11.7. The van der Waals surface area contributed by atoms with E-state index in [0.29, 0.717) is 12.8 Å². The van der Waals surface area contributed by atoms with Gasteiger partial charge < -0.3 is 33.5 Å². The van der Waals surface area contributed by atoms with Gasteiger partial charge in [0.1, 0.15) is 18.5 Å². The van der Waals surface area contributed by atoms with E-state index < -0.39 is 28.3 Å². The largest absolute Gasteiger partial charge is 0.459 e. The molecule has 0 aromatic carbocycles. The first kappa shape index (κ1) is 24.2. The molecule has 7 aliphatic rings. The lowest BCUT2D eigenvalue weighted by Gasteiger charge is -2.71. The minimum Gasteiger partial charge on any atom is -0.459 e. The monoisotopic (exact) mass is 507 g/mol. The Hall–Kier alpha value is -0.810. The summed E-state index contributed by atoms with van der Waals surface area (Å²) >= 11 is 0. The van der Waals surface area contributed by atoms with Gasteiger partial charge in [-0.25, -0.2) is 0 Å². The minimum atomic E-state index is -1.16. The van der Waals surface area contributed by atoms with Crippen molar-refractivity contribution in [3.8, 4) is 0 Å². The first-order valence-electron chi connectivity index (χ1n) is 13.7.